The fourth-order valence-electron chi connectivity index (χ4n) is 4.62. The first-order valence-corrected chi connectivity index (χ1v) is 14.2. The topological polar surface area (TPSA) is 84.0 Å². The summed E-state index contributed by atoms with van der Waals surface area (Å²) in [5, 5.41) is -0.328. The van der Waals surface area contributed by atoms with E-state index in [1.165, 1.54) is 13.2 Å². The molecule has 174 valence electrons. The average Bonchev–Trinajstić information content (AvgIpc) is 3.10. The molecule has 0 amide bonds. The van der Waals surface area contributed by atoms with Gasteiger partial charge in [-0.3, -0.25) is 4.90 Å². The monoisotopic (exact) mass is 498 g/mol. The molecule has 0 N–H and O–H groups in total. The van der Waals surface area contributed by atoms with Gasteiger partial charge < -0.3 is 9.64 Å². The van der Waals surface area contributed by atoms with Gasteiger partial charge in [-0.1, -0.05) is 17.7 Å². The van der Waals surface area contributed by atoms with Crippen LogP contribution in [-0.2, 0) is 19.7 Å². The molecule has 2 aliphatic rings. The molecule has 0 bridgehead atoms. The maximum atomic E-state index is 13.5. The van der Waals surface area contributed by atoms with Crippen LogP contribution in [-0.4, -0.2) is 77.8 Å². The number of nitrogens with zero attached hydrogens (tertiary/aromatic N) is 2. The first-order chi connectivity index (χ1) is 15.1. The van der Waals surface area contributed by atoms with Crippen LogP contribution < -0.4 is 9.64 Å². The van der Waals surface area contributed by atoms with Crippen LogP contribution in [0, 0.1) is 6.92 Å². The highest BCUT2D eigenvalue weighted by atomic mass is 35.5. The van der Waals surface area contributed by atoms with Crippen molar-refractivity contribution in [2.45, 2.75) is 23.1 Å². The van der Waals surface area contributed by atoms with Gasteiger partial charge in [-0.05, 0) is 48.9 Å². The van der Waals surface area contributed by atoms with Crippen molar-refractivity contribution in [3.63, 3.8) is 0 Å². The molecule has 0 aromatic heterocycles. The summed E-state index contributed by atoms with van der Waals surface area (Å²) in [6.45, 7) is 4.28. The molecule has 2 saturated heterocycles. The van der Waals surface area contributed by atoms with Crippen molar-refractivity contribution in [3.05, 3.63) is 53.1 Å². The van der Waals surface area contributed by atoms with E-state index in [0.717, 1.165) is 5.69 Å². The number of piperazine rings is 1. The van der Waals surface area contributed by atoms with Gasteiger partial charge in [0.2, 0.25) is 0 Å². The molecule has 2 atom stereocenters. The Morgan fingerprint density at radius 2 is 1.75 bits per heavy atom. The Labute approximate surface area is 194 Å². The molecule has 0 aliphatic carbocycles. The molecule has 4 rings (SSSR count). The van der Waals surface area contributed by atoms with Crippen molar-refractivity contribution in [2.24, 2.45) is 0 Å². The number of aryl methyl sites for hydroxylation is 1. The van der Waals surface area contributed by atoms with E-state index in [2.05, 4.69) is 4.90 Å². The summed E-state index contributed by atoms with van der Waals surface area (Å²) in [5.74, 6) is 0.111. The van der Waals surface area contributed by atoms with Crippen molar-refractivity contribution in [1.82, 2.24) is 4.90 Å². The van der Waals surface area contributed by atoms with Crippen LogP contribution in [0.25, 0.3) is 0 Å². The van der Waals surface area contributed by atoms with Crippen LogP contribution in [0.2, 0.25) is 5.02 Å². The normalized spacial score (nSPS) is 23.9. The number of methoxy groups -OCH3 is 1. The molecule has 2 aliphatic heterocycles. The summed E-state index contributed by atoms with van der Waals surface area (Å²) in [7, 11) is -5.76. The standard InChI is InChI=1S/C22H27ClN2O5S2/c1-16-12-19(6-7-21(16)30-2)32(28,29)22-15-31(26,27)14-20(22)25-10-8-24(9-11-25)18-5-3-4-17(23)13-18/h3-7,12-13,20,22H,8-11,14-15H2,1-2H3/t20-,22-/m0/s1. The second-order valence-electron chi connectivity index (χ2n) is 8.36. The van der Waals surface area contributed by atoms with E-state index in [4.69, 9.17) is 16.3 Å². The molecule has 2 aromatic rings. The molecule has 2 fully saturated rings. The summed E-state index contributed by atoms with van der Waals surface area (Å²) >= 11 is 6.11. The lowest BCUT2D eigenvalue weighted by atomic mass is 10.1. The number of hydrogen-bond acceptors (Lipinski definition) is 7. The van der Waals surface area contributed by atoms with Crippen LogP contribution in [0.3, 0.4) is 0 Å². The minimum atomic E-state index is -3.83. The van der Waals surface area contributed by atoms with Gasteiger partial charge in [-0.25, -0.2) is 16.8 Å². The van der Waals surface area contributed by atoms with Crippen molar-refractivity contribution < 1.29 is 21.6 Å². The lowest BCUT2D eigenvalue weighted by Crippen LogP contribution is -2.55. The third kappa shape index (κ3) is 4.62. The molecule has 7 nitrogen and oxygen atoms in total. The first-order valence-electron chi connectivity index (χ1n) is 10.4. The van der Waals surface area contributed by atoms with Gasteiger partial charge in [-0.15, -0.1) is 0 Å². The third-order valence-corrected chi connectivity index (χ3v) is 10.7. The van der Waals surface area contributed by atoms with Gasteiger partial charge in [0.25, 0.3) is 0 Å². The maximum Gasteiger partial charge on any atom is 0.183 e. The van der Waals surface area contributed by atoms with E-state index in [9.17, 15) is 16.8 Å². The fourth-order valence-corrected chi connectivity index (χ4v) is 9.72. The molecular weight excluding hydrogens is 472 g/mol. The van der Waals surface area contributed by atoms with Crippen LogP contribution in [0.4, 0.5) is 5.69 Å². The molecule has 0 unspecified atom stereocenters. The Kier molecular flexibility index (Phi) is 6.46. The van der Waals surface area contributed by atoms with E-state index in [1.807, 2.05) is 29.2 Å². The number of benzene rings is 2. The smallest absolute Gasteiger partial charge is 0.183 e. The summed E-state index contributed by atoms with van der Waals surface area (Å²) in [4.78, 5) is 4.34. The van der Waals surface area contributed by atoms with Crippen LogP contribution in [0.15, 0.2) is 47.4 Å². The molecule has 10 heteroatoms. The molecule has 0 spiro atoms. The minimum absolute atomic E-state index is 0.136. The van der Waals surface area contributed by atoms with Gasteiger partial charge >= 0.3 is 0 Å². The number of sulfone groups is 2. The van der Waals surface area contributed by atoms with Crippen LogP contribution in [0.5, 0.6) is 5.75 Å². The average molecular weight is 499 g/mol. The number of anilines is 1. The summed E-state index contributed by atoms with van der Waals surface area (Å²) in [6.07, 6.45) is 0. The van der Waals surface area contributed by atoms with Crippen LogP contribution in [0.1, 0.15) is 5.56 Å². The van der Waals surface area contributed by atoms with Gasteiger partial charge in [0, 0.05) is 42.9 Å². The number of halogens is 1. The van der Waals surface area contributed by atoms with Crippen molar-refractivity contribution >= 4 is 37.0 Å². The highest BCUT2D eigenvalue weighted by Crippen LogP contribution is 2.32. The van der Waals surface area contributed by atoms with E-state index < -0.39 is 31.0 Å². The zero-order valence-corrected chi connectivity index (χ0v) is 20.5. The Morgan fingerprint density at radius 3 is 2.38 bits per heavy atom. The second kappa shape index (κ2) is 8.85. The fraction of sp³-hybridized carbons (Fsp3) is 0.455. The molecule has 2 heterocycles. The van der Waals surface area contributed by atoms with Crippen molar-refractivity contribution in [2.75, 3.05) is 49.7 Å². The maximum absolute atomic E-state index is 13.5. The van der Waals surface area contributed by atoms with Gasteiger partial charge in [0.05, 0.1) is 28.8 Å². The molecule has 0 radical (unpaired) electrons. The quantitative estimate of drug-likeness (QED) is 0.626. The zero-order chi connectivity index (χ0) is 23.1. The first kappa shape index (κ1) is 23.4. The highest BCUT2D eigenvalue weighted by Gasteiger charge is 2.48. The third-order valence-electron chi connectivity index (χ3n) is 6.32. The van der Waals surface area contributed by atoms with E-state index in [0.29, 0.717) is 42.5 Å². The van der Waals surface area contributed by atoms with E-state index >= 15 is 0 Å². The number of ether oxygens (including phenoxy) is 1. The minimum Gasteiger partial charge on any atom is -0.496 e. The lowest BCUT2D eigenvalue weighted by Gasteiger charge is -2.40. The van der Waals surface area contributed by atoms with Gasteiger partial charge in [0.15, 0.2) is 19.7 Å². The van der Waals surface area contributed by atoms with Crippen LogP contribution >= 0.6 is 11.6 Å². The Bertz CT molecular complexity index is 1210. The SMILES string of the molecule is COc1ccc(S(=O)(=O)[C@H]2CS(=O)(=O)C[C@@H]2N2CCN(c3cccc(Cl)c3)CC2)cc1C. The number of rotatable bonds is 5. The molecule has 32 heavy (non-hydrogen) atoms. The highest BCUT2D eigenvalue weighted by molar-refractivity contribution is 7.96. The Morgan fingerprint density at radius 1 is 1.03 bits per heavy atom. The second-order valence-corrected chi connectivity index (χ2v) is 13.1. The van der Waals surface area contributed by atoms with E-state index in [1.54, 1.807) is 19.1 Å². The molecule has 0 saturated carbocycles. The molecule has 2 aromatic carbocycles. The van der Waals surface area contributed by atoms with Gasteiger partial charge in [-0.2, -0.15) is 0 Å². The number of hydrogen-bond donors (Lipinski definition) is 0. The Hall–Kier alpha value is -1.81. The molecular formula is C22H27ClN2O5S2. The Balaban J connectivity index is 1.56. The summed E-state index contributed by atoms with van der Waals surface area (Å²) < 4.78 is 57.3. The van der Waals surface area contributed by atoms with Crippen molar-refractivity contribution in [1.29, 1.82) is 0 Å². The summed E-state index contributed by atoms with van der Waals surface area (Å²) in [5.41, 5.74) is 1.70. The predicted octanol–water partition coefficient (Wildman–Crippen LogP) is 2.42. The van der Waals surface area contributed by atoms with Crippen molar-refractivity contribution in [3.8, 4) is 5.75 Å². The predicted molar refractivity (Wildman–Crippen MR) is 126 cm³/mol. The summed E-state index contributed by atoms with van der Waals surface area (Å²) in [6, 6.07) is 11.7. The van der Waals surface area contributed by atoms with E-state index in [-0.39, 0.29) is 16.4 Å². The van der Waals surface area contributed by atoms with Gasteiger partial charge in [0.1, 0.15) is 5.75 Å². The lowest BCUT2D eigenvalue weighted by molar-refractivity contribution is 0.201. The largest absolute Gasteiger partial charge is 0.496 e. The zero-order valence-electron chi connectivity index (χ0n) is 18.1.